The summed E-state index contributed by atoms with van der Waals surface area (Å²) in [5.74, 6) is 0. The van der Waals surface area contributed by atoms with Crippen LogP contribution in [-0.2, 0) is 18.5 Å². The van der Waals surface area contributed by atoms with E-state index in [2.05, 4.69) is 36.9 Å². The van der Waals surface area contributed by atoms with Crippen molar-refractivity contribution in [1.29, 1.82) is 0 Å². The number of allylic oxidation sites excluding steroid dienone is 4. The molecule has 0 amide bonds. The first-order chi connectivity index (χ1) is 4.36. The molecular weight excluding hydrogens is 287 g/mol. The molecule has 0 atom stereocenters. The molecule has 0 fully saturated rings. The van der Waals surface area contributed by atoms with Crippen LogP contribution in [0.1, 0.15) is 6.42 Å². The van der Waals surface area contributed by atoms with Crippen molar-refractivity contribution in [2.24, 2.45) is 0 Å². The minimum atomic E-state index is -2.31. The molecule has 0 saturated heterocycles. The van der Waals surface area contributed by atoms with Gasteiger partial charge in [-0.2, -0.15) is 0 Å². The number of hydrogen-bond acceptors (Lipinski definition) is 0. The van der Waals surface area contributed by atoms with Crippen LogP contribution in [-0.4, -0.2) is 0 Å². The van der Waals surface area contributed by atoms with E-state index in [9.17, 15) is 0 Å². The molecule has 1 rings (SSSR count). The van der Waals surface area contributed by atoms with E-state index < -0.39 is 18.5 Å². The van der Waals surface area contributed by atoms with Crippen molar-refractivity contribution < 1.29 is 18.5 Å². The summed E-state index contributed by atoms with van der Waals surface area (Å²) in [6, 6.07) is 0. The van der Waals surface area contributed by atoms with E-state index in [0.717, 1.165) is 0 Å². The van der Waals surface area contributed by atoms with Crippen LogP contribution >= 0.6 is 0 Å². The summed E-state index contributed by atoms with van der Waals surface area (Å²) in [6.45, 7) is 0. The van der Waals surface area contributed by atoms with Crippen molar-refractivity contribution in [1.82, 2.24) is 0 Å². The molecule has 0 N–H and O–H groups in total. The second kappa shape index (κ2) is 2.17. The van der Waals surface area contributed by atoms with Crippen molar-refractivity contribution in [3.8, 4) is 0 Å². The van der Waals surface area contributed by atoms with Crippen LogP contribution in [0.4, 0.5) is 0 Å². The predicted molar refractivity (Wildman–Crippen MR) is 45.3 cm³/mol. The molecule has 0 bridgehead atoms. The number of rotatable bonds is 1. The van der Waals surface area contributed by atoms with Crippen LogP contribution in [0.25, 0.3) is 0 Å². The van der Waals surface area contributed by atoms with Crippen molar-refractivity contribution in [2.75, 3.05) is 0 Å². The third-order valence-corrected chi connectivity index (χ3v) is 12.6. The van der Waals surface area contributed by atoms with Crippen molar-refractivity contribution in [3.05, 3.63) is 21.6 Å². The van der Waals surface area contributed by atoms with Gasteiger partial charge < -0.3 is 0 Å². The molecule has 0 aliphatic heterocycles. The Hall–Kier alpha value is 0.350. The average molecular weight is 304 g/mol. The quantitative estimate of drug-likeness (QED) is 0.648. The van der Waals surface area contributed by atoms with Gasteiger partial charge in [0.05, 0.1) is 0 Å². The fraction of sp³-hybridized carbons (Fsp3) is 0.556. The Morgan fingerprint density at radius 2 is 1.80 bits per heavy atom. The summed E-state index contributed by atoms with van der Waals surface area (Å²) in [4.78, 5) is 0. The monoisotopic (exact) mass is 305 g/mol. The molecule has 0 aromatic carbocycles. The first kappa shape index (κ1) is 8.45. The zero-order valence-electron chi connectivity index (χ0n) is 7.44. The van der Waals surface area contributed by atoms with Crippen LogP contribution in [0.3, 0.4) is 0 Å². The molecule has 0 aromatic heterocycles. The maximum atomic E-state index is 2.50. The summed E-state index contributed by atoms with van der Waals surface area (Å²) in [5.41, 5.74) is 0. The Morgan fingerprint density at radius 1 is 1.20 bits per heavy atom. The van der Waals surface area contributed by atoms with Crippen molar-refractivity contribution in [3.63, 3.8) is 0 Å². The fourth-order valence-electron chi connectivity index (χ4n) is 1.19. The first-order valence-corrected chi connectivity index (χ1v) is 20.1. The summed E-state index contributed by atoms with van der Waals surface area (Å²) in [6.07, 6.45) is 8.03. The first-order valence-electron chi connectivity index (χ1n) is 3.97. The van der Waals surface area contributed by atoms with Gasteiger partial charge in [-0.15, -0.1) is 0 Å². The van der Waals surface area contributed by atoms with E-state index in [1.54, 1.807) is 3.33 Å². The van der Waals surface area contributed by atoms with E-state index in [1.165, 1.54) is 6.42 Å². The van der Waals surface area contributed by atoms with Gasteiger partial charge >= 0.3 is 65.2 Å². The Labute approximate surface area is 65.1 Å². The van der Waals surface area contributed by atoms with E-state index in [1.807, 2.05) is 0 Å². The van der Waals surface area contributed by atoms with Gasteiger partial charge in [-0.3, -0.25) is 0 Å². The minimum absolute atomic E-state index is 1.23. The summed E-state index contributed by atoms with van der Waals surface area (Å²) in [5, 5.41) is 0. The summed E-state index contributed by atoms with van der Waals surface area (Å²) in [7, 11) is 0. The van der Waals surface area contributed by atoms with Gasteiger partial charge in [-0.1, -0.05) is 0 Å². The molecule has 0 heterocycles. The molecule has 1 aliphatic rings. The van der Waals surface area contributed by atoms with Crippen LogP contribution < -0.4 is 0 Å². The van der Waals surface area contributed by atoms with Crippen LogP contribution in [0.5, 0.6) is 0 Å². The van der Waals surface area contributed by atoms with Gasteiger partial charge in [-0.25, -0.2) is 0 Å². The molecule has 57 valence electrons. The van der Waals surface area contributed by atoms with E-state index in [0.29, 0.717) is 0 Å². The molecule has 1 heteroatoms. The SMILES string of the molecule is [CH3][Hf]([CH3])([CH3])([CH3])[C]1=CC=CC1. The van der Waals surface area contributed by atoms with Gasteiger partial charge in [0, 0.05) is 0 Å². The second-order valence-corrected chi connectivity index (χ2v) is 36.4. The van der Waals surface area contributed by atoms with E-state index in [4.69, 9.17) is 0 Å². The van der Waals surface area contributed by atoms with Crippen LogP contribution in [0, 0.1) is 0 Å². The van der Waals surface area contributed by atoms with E-state index >= 15 is 0 Å². The van der Waals surface area contributed by atoms with Gasteiger partial charge in [0.25, 0.3) is 0 Å². The van der Waals surface area contributed by atoms with Crippen LogP contribution in [0.2, 0.25) is 18.7 Å². The second-order valence-electron chi connectivity index (χ2n) is 5.32. The Balaban J connectivity index is 2.87. The normalized spacial score (nSPS) is 22.0. The summed E-state index contributed by atoms with van der Waals surface area (Å²) < 4.78 is 11.7. The summed E-state index contributed by atoms with van der Waals surface area (Å²) >= 11 is -2.31. The van der Waals surface area contributed by atoms with Gasteiger partial charge in [0.1, 0.15) is 0 Å². The maximum absolute atomic E-state index is 2.50. The molecule has 0 unspecified atom stereocenters. The Kier molecular flexibility index (Phi) is 1.83. The molecule has 0 spiro atoms. The third kappa shape index (κ3) is 1.91. The molecule has 1 aliphatic carbocycles. The molecule has 0 nitrogen and oxygen atoms in total. The van der Waals surface area contributed by atoms with Crippen molar-refractivity contribution >= 4 is 0 Å². The topological polar surface area (TPSA) is 0 Å². The zero-order valence-corrected chi connectivity index (χ0v) is 11.0. The van der Waals surface area contributed by atoms with Gasteiger partial charge in [0.2, 0.25) is 0 Å². The zero-order chi connectivity index (χ0) is 7.85. The Morgan fingerprint density at radius 3 is 2.00 bits per heavy atom. The molecule has 10 heavy (non-hydrogen) atoms. The van der Waals surface area contributed by atoms with Crippen molar-refractivity contribution in [2.45, 2.75) is 25.1 Å². The molecular formula is C9H17Hf. The Bertz CT molecular complexity index is 191. The predicted octanol–water partition coefficient (Wildman–Crippen LogP) is 3.71. The molecule has 0 aromatic rings. The van der Waals surface area contributed by atoms with E-state index in [-0.39, 0.29) is 0 Å². The van der Waals surface area contributed by atoms with Gasteiger partial charge in [0.15, 0.2) is 0 Å². The van der Waals surface area contributed by atoms with Gasteiger partial charge in [-0.05, 0) is 0 Å². The molecule has 0 radical (unpaired) electrons. The standard InChI is InChI=1S/C5H5.4CH3.Hf/c1-2-4-5-3-1;;;;;/h1-3H,4H2;4*1H3;. The number of hydrogen-bond donors (Lipinski definition) is 0. The average Bonchev–Trinajstić information content (AvgIpc) is 2.04. The molecule has 0 saturated carbocycles. The fourth-order valence-corrected chi connectivity index (χ4v) is 7.29. The van der Waals surface area contributed by atoms with Crippen LogP contribution in [0.15, 0.2) is 21.6 Å². The third-order valence-electron chi connectivity index (χ3n) is 2.06.